The molecule has 0 bridgehead atoms. The topological polar surface area (TPSA) is 75.1 Å². The lowest BCUT2D eigenvalue weighted by Gasteiger charge is -2.11. The molecule has 0 aliphatic rings. The number of carboxylic acid groups (broad SMARTS) is 1. The fraction of sp³-hybridized carbons (Fsp3) is 0.385. The summed E-state index contributed by atoms with van der Waals surface area (Å²) in [6.45, 7) is 4.99. The van der Waals surface area contributed by atoms with Crippen LogP contribution in [-0.2, 0) is 19.4 Å². The van der Waals surface area contributed by atoms with Crippen molar-refractivity contribution in [2.45, 2.75) is 65.3 Å². The van der Waals surface area contributed by atoms with Crippen molar-refractivity contribution in [2.75, 3.05) is 0 Å². The minimum atomic E-state index is -0.928. The van der Waals surface area contributed by atoms with Crippen LogP contribution in [0.25, 0.3) is 11.1 Å². The Morgan fingerprint density at radius 3 is 2.39 bits per heavy atom. The van der Waals surface area contributed by atoms with Crippen molar-refractivity contribution in [1.82, 2.24) is 9.55 Å². The van der Waals surface area contributed by atoms with E-state index in [0.29, 0.717) is 24.1 Å². The quantitative estimate of drug-likeness (QED) is 0.393. The van der Waals surface area contributed by atoms with Gasteiger partial charge in [0.1, 0.15) is 0 Å². The SMILES string of the molecule is CCCCCCc1[nH]c(=O)n(CCC)c1Cc1ccc(-c2ccccc2C(=O)O)cc1. The van der Waals surface area contributed by atoms with Crippen molar-refractivity contribution in [3.63, 3.8) is 0 Å². The Kier molecular flexibility index (Phi) is 7.88. The molecule has 0 atom stereocenters. The molecule has 164 valence electrons. The van der Waals surface area contributed by atoms with Crippen molar-refractivity contribution in [2.24, 2.45) is 0 Å². The first-order valence-electron chi connectivity index (χ1n) is 11.3. The van der Waals surface area contributed by atoms with Crippen LogP contribution in [0, 0.1) is 0 Å². The van der Waals surface area contributed by atoms with Gasteiger partial charge in [0.05, 0.1) is 5.56 Å². The molecule has 5 nitrogen and oxygen atoms in total. The van der Waals surface area contributed by atoms with E-state index in [1.807, 2.05) is 41.0 Å². The number of carbonyl (C=O) groups is 1. The molecule has 31 heavy (non-hydrogen) atoms. The van der Waals surface area contributed by atoms with Crippen LogP contribution in [-0.4, -0.2) is 20.6 Å². The predicted octanol–water partition coefficient (Wildman–Crippen LogP) is 5.67. The summed E-state index contributed by atoms with van der Waals surface area (Å²) in [5, 5.41) is 9.46. The minimum Gasteiger partial charge on any atom is -0.478 e. The Balaban J connectivity index is 1.85. The largest absolute Gasteiger partial charge is 0.478 e. The highest BCUT2D eigenvalue weighted by atomic mass is 16.4. The van der Waals surface area contributed by atoms with E-state index in [1.54, 1.807) is 12.1 Å². The lowest BCUT2D eigenvalue weighted by molar-refractivity contribution is 0.0697. The second kappa shape index (κ2) is 10.8. The maximum atomic E-state index is 12.5. The third kappa shape index (κ3) is 5.54. The van der Waals surface area contributed by atoms with Crippen molar-refractivity contribution in [1.29, 1.82) is 0 Å². The van der Waals surface area contributed by atoms with Gasteiger partial charge in [0.25, 0.3) is 0 Å². The molecule has 3 rings (SSSR count). The highest BCUT2D eigenvalue weighted by molar-refractivity contribution is 5.95. The second-order valence-electron chi connectivity index (χ2n) is 8.04. The van der Waals surface area contributed by atoms with E-state index in [9.17, 15) is 14.7 Å². The third-order valence-electron chi connectivity index (χ3n) is 5.70. The number of hydrogen-bond donors (Lipinski definition) is 2. The Labute approximate surface area is 183 Å². The summed E-state index contributed by atoms with van der Waals surface area (Å²) in [6, 6.07) is 15.0. The van der Waals surface area contributed by atoms with Gasteiger partial charge in [-0.05, 0) is 42.0 Å². The molecule has 0 radical (unpaired) electrons. The molecule has 5 heteroatoms. The molecule has 0 aliphatic heterocycles. The number of aromatic carboxylic acids is 1. The Bertz CT molecular complexity index is 1060. The average molecular weight is 421 g/mol. The highest BCUT2D eigenvalue weighted by Crippen LogP contribution is 2.25. The molecule has 0 aliphatic carbocycles. The molecule has 3 aromatic rings. The normalized spacial score (nSPS) is 11.0. The Morgan fingerprint density at radius 2 is 1.71 bits per heavy atom. The van der Waals surface area contributed by atoms with Crippen LogP contribution in [0.2, 0.25) is 0 Å². The highest BCUT2D eigenvalue weighted by Gasteiger charge is 2.15. The summed E-state index contributed by atoms with van der Waals surface area (Å²) in [5.74, 6) is -0.928. The van der Waals surface area contributed by atoms with E-state index < -0.39 is 5.97 Å². The van der Waals surface area contributed by atoms with E-state index >= 15 is 0 Å². The first kappa shape index (κ1) is 22.6. The maximum Gasteiger partial charge on any atom is 0.336 e. The average Bonchev–Trinajstić information content (AvgIpc) is 3.06. The number of nitrogens with one attached hydrogen (secondary N) is 1. The fourth-order valence-electron chi connectivity index (χ4n) is 4.07. The van der Waals surface area contributed by atoms with Crippen LogP contribution >= 0.6 is 0 Å². The number of nitrogens with zero attached hydrogens (tertiary/aromatic N) is 1. The summed E-state index contributed by atoms with van der Waals surface area (Å²) in [5.41, 5.74) is 5.10. The van der Waals surface area contributed by atoms with Gasteiger partial charge in [0, 0.05) is 24.4 Å². The van der Waals surface area contributed by atoms with Crippen LogP contribution in [0.4, 0.5) is 0 Å². The summed E-state index contributed by atoms with van der Waals surface area (Å²) < 4.78 is 1.88. The lowest BCUT2D eigenvalue weighted by atomic mass is 9.97. The summed E-state index contributed by atoms with van der Waals surface area (Å²) in [4.78, 5) is 27.2. The zero-order valence-corrected chi connectivity index (χ0v) is 18.5. The van der Waals surface area contributed by atoms with Gasteiger partial charge in [-0.15, -0.1) is 0 Å². The number of hydrogen-bond acceptors (Lipinski definition) is 2. The van der Waals surface area contributed by atoms with Crippen molar-refractivity contribution in [3.05, 3.63) is 81.5 Å². The van der Waals surface area contributed by atoms with Gasteiger partial charge in [-0.2, -0.15) is 0 Å². The van der Waals surface area contributed by atoms with E-state index in [0.717, 1.165) is 41.8 Å². The van der Waals surface area contributed by atoms with Crippen LogP contribution < -0.4 is 5.69 Å². The molecule has 0 spiro atoms. The van der Waals surface area contributed by atoms with Gasteiger partial charge in [0.15, 0.2) is 0 Å². The standard InChI is InChI=1S/C26H32N2O3/c1-3-5-6-7-12-23-24(28(17-4-2)26(31)27-23)18-19-13-15-20(16-14-19)21-10-8-9-11-22(21)25(29)30/h8-11,13-16H,3-7,12,17-18H2,1-2H3,(H,27,31)(H,29,30). The second-order valence-corrected chi connectivity index (χ2v) is 8.04. The number of aromatic amines is 1. The van der Waals surface area contributed by atoms with Gasteiger partial charge in [-0.1, -0.05) is 75.6 Å². The van der Waals surface area contributed by atoms with Gasteiger partial charge < -0.3 is 10.1 Å². The van der Waals surface area contributed by atoms with Crippen molar-refractivity contribution >= 4 is 5.97 Å². The van der Waals surface area contributed by atoms with E-state index in [4.69, 9.17) is 0 Å². The molecule has 1 heterocycles. The van der Waals surface area contributed by atoms with Gasteiger partial charge in [0.2, 0.25) is 0 Å². The van der Waals surface area contributed by atoms with Gasteiger partial charge >= 0.3 is 11.7 Å². The molecular formula is C26H32N2O3. The predicted molar refractivity (Wildman–Crippen MR) is 125 cm³/mol. The minimum absolute atomic E-state index is 0.0191. The first-order valence-corrected chi connectivity index (χ1v) is 11.3. The molecule has 0 amide bonds. The summed E-state index contributed by atoms with van der Waals surface area (Å²) in [6.07, 6.45) is 7.15. The number of H-pyrrole nitrogens is 1. The molecule has 0 unspecified atom stereocenters. The van der Waals surface area contributed by atoms with Crippen LogP contribution in [0.1, 0.15) is 73.3 Å². The molecule has 0 saturated carbocycles. The summed E-state index contributed by atoms with van der Waals surface area (Å²) in [7, 11) is 0. The van der Waals surface area contributed by atoms with E-state index in [-0.39, 0.29) is 5.69 Å². The third-order valence-corrected chi connectivity index (χ3v) is 5.70. The smallest absolute Gasteiger partial charge is 0.336 e. The lowest BCUT2D eigenvalue weighted by Crippen LogP contribution is -2.18. The zero-order valence-electron chi connectivity index (χ0n) is 18.5. The first-order chi connectivity index (χ1) is 15.0. The Hall–Kier alpha value is -3.08. The fourth-order valence-corrected chi connectivity index (χ4v) is 4.07. The van der Waals surface area contributed by atoms with Gasteiger partial charge in [-0.25, -0.2) is 9.59 Å². The number of aryl methyl sites for hydroxylation is 1. The number of benzene rings is 2. The molecular weight excluding hydrogens is 388 g/mol. The number of rotatable bonds is 11. The number of imidazole rings is 1. The van der Waals surface area contributed by atoms with Gasteiger partial charge in [-0.3, -0.25) is 4.57 Å². The number of aromatic nitrogens is 2. The molecule has 2 aromatic carbocycles. The number of unbranched alkanes of at least 4 members (excludes halogenated alkanes) is 3. The van der Waals surface area contributed by atoms with Crippen LogP contribution in [0.3, 0.4) is 0 Å². The van der Waals surface area contributed by atoms with Crippen LogP contribution in [0.5, 0.6) is 0 Å². The van der Waals surface area contributed by atoms with E-state index in [1.165, 1.54) is 19.3 Å². The Morgan fingerprint density at radius 1 is 0.968 bits per heavy atom. The van der Waals surface area contributed by atoms with Crippen molar-refractivity contribution < 1.29 is 9.90 Å². The maximum absolute atomic E-state index is 12.5. The molecule has 0 saturated heterocycles. The zero-order chi connectivity index (χ0) is 22.2. The molecule has 1 aromatic heterocycles. The molecule has 0 fully saturated rings. The van der Waals surface area contributed by atoms with E-state index in [2.05, 4.69) is 18.8 Å². The number of carboxylic acids is 1. The van der Waals surface area contributed by atoms with Crippen LogP contribution in [0.15, 0.2) is 53.3 Å². The van der Waals surface area contributed by atoms with Crippen molar-refractivity contribution in [3.8, 4) is 11.1 Å². The molecule has 2 N–H and O–H groups in total. The summed E-state index contributed by atoms with van der Waals surface area (Å²) >= 11 is 0. The monoisotopic (exact) mass is 420 g/mol.